The first-order chi connectivity index (χ1) is 9.26. The third kappa shape index (κ3) is 2.98. The first-order valence-corrected chi connectivity index (χ1v) is 6.30. The first-order valence-electron chi connectivity index (χ1n) is 6.30. The van der Waals surface area contributed by atoms with Crippen molar-refractivity contribution in [1.29, 1.82) is 0 Å². The molecule has 0 fully saturated rings. The molecule has 0 N–H and O–H groups in total. The van der Waals surface area contributed by atoms with E-state index in [9.17, 15) is 0 Å². The molecule has 95 valence electrons. The van der Waals surface area contributed by atoms with Gasteiger partial charge in [0.2, 0.25) is 0 Å². The van der Waals surface area contributed by atoms with Crippen molar-refractivity contribution in [2.75, 3.05) is 7.11 Å². The van der Waals surface area contributed by atoms with E-state index in [2.05, 4.69) is 30.0 Å². The van der Waals surface area contributed by atoms with E-state index in [1.54, 1.807) is 7.11 Å². The van der Waals surface area contributed by atoms with Crippen LogP contribution in [0, 0.1) is 24.8 Å². The number of aryl methyl sites for hydroxylation is 1. The van der Waals surface area contributed by atoms with Gasteiger partial charge in [0.05, 0.1) is 7.11 Å². The molecule has 1 nitrogen and oxygen atoms in total. The fraction of sp³-hybridized carbons (Fsp3) is 0.222. The van der Waals surface area contributed by atoms with Gasteiger partial charge in [-0.2, -0.15) is 0 Å². The summed E-state index contributed by atoms with van der Waals surface area (Å²) in [7, 11) is 1.70. The van der Waals surface area contributed by atoms with Crippen molar-refractivity contribution in [3.05, 3.63) is 53.6 Å². The molecule has 0 aromatic heterocycles. The van der Waals surface area contributed by atoms with Gasteiger partial charge in [-0.1, -0.05) is 30.2 Å². The third-order valence-electron chi connectivity index (χ3n) is 3.03. The average Bonchev–Trinajstić information content (AvgIpc) is 2.46. The molecule has 1 heteroatoms. The number of rotatable bonds is 3. The molecule has 0 aliphatic rings. The summed E-state index contributed by atoms with van der Waals surface area (Å²) in [5, 5.41) is 0. The number of para-hydroxylation sites is 1. The molecule has 19 heavy (non-hydrogen) atoms. The predicted octanol–water partition coefficient (Wildman–Crippen LogP) is 4.04. The molecule has 0 heterocycles. The van der Waals surface area contributed by atoms with Crippen molar-refractivity contribution in [2.24, 2.45) is 0 Å². The molecular weight excluding hydrogens is 232 g/mol. The predicted molar refractivity (Wildman–Crippen MR) is 79.2 cm³/mol. The van der Waals surface area contributed by atoms with E-state index >= 15 is 0 Å². The maximum atomic E-state index is 5.45. The Morgan fingerprint density at radius 3 is 2.74 bits per heavy atom. The summed E-state index contributed by atoms with van der Waals surface area (Å²) < 4.78 is 5.45. The molecule has 2 rings (SSSR count). The van der Waals surface area contributed by atoms with Gasteiger partial charge in [-0.05, 0) is 48.7 Å². The fourth-order valence-corrected chi connectivity index (χ4v) is 2.08. The van der Waals surface area contributed by atoms with Crippen LogP contribution in [0.4, 0.5) is 0 Å². The molecule has 1 radical (unpaired) electrons. The third-order valence-corrected chi connectivity index (χ3v) is 3.03. The van der Waals surface area contributed by atoms with Crippen LogP contribution in [0.2, 0.25) is 0 Å². The van der Waals surface area contributed by atoms with E-state index in [1.807, 2.05) is 38.1 Å². The molecule has 0 unspecified atom stereocenters. The Morgan fingerprint density at radius 1 is 1.21 bits per heavy atom. The summed E-state index contributed by atoms with van der Waals surface area (Å²) in [6.45, 7) is 3.91. The number of hydrogen-bond donors (Lipinski definition) is 0. The molecule has 0 saturated heterocycles. The van der Waals surface area contributed by atoms with Crippen molar-refractivity contribution >= 4 is 0 Å². The zero-order valence-corrected chi connectivity index (χ0v) is 11.6. The average molecular weight is 249 g/mol. The van der Waals surface area contributed by atoms with Crippen LogP contribution in [-0.2, 0) is 6.42 Å². The van der Waals surface area contributed by atoms with Crippen LogP contribution < -0.4 is 4.74 Å². The van der Waals surface area contributed by atoms with Crippen LogP contribution in [0.5, 0.6) is 5.75 Å². The molecule has 0 aliphatic heterocycles. The maximum Gasteiger partial charge on any atom is 0.126 e. The number of benzene rings is 2. The Balaban J connectivity index is 2.58. The lowest BCUT2D eigenvalue weighted by Crippen LogP contribution is -1.93. The monoisotopic (exact) mass is 249 g/mol. The Hall–Kier alpha value is -2.20. The minimum atomic E-state index is 0.737. The normalized spacial score (nSPS) is 9.63. The van der Waals surface area contributed by atoms with Crippen LogP contribution in [0.1, 0.15) is 18.1 Å². The van der Waals surface area contributed by atoms with Gasteiger partial charge in [0.1, 0.15) is 5.75 Å². The van der Waals surface area contributed by atoms with Gasteiger partial charge in [0.15, 0.2) is 0 Å². The highest BCUT2D eigenvalue weighted by molar-refractivity contribution is 5.74. The highest BCUT2D eigenvalue weighted by atomic mass is 16.5. The van der Waals surface area contributed by atoms with Crippen LogP contribution >= 0.6 is 0 Å². The van der Waals surface area contributed by atoms with Crippen molar-refractivity contribution in [3.63, 3.8) is 0 Å². The van der Waals surface area contributed by atoms with Gasteiger partial charge in [0.25, 0.3) is 0 Å². The highest BCUT2D eigenvalue weighted by Crippen LogP contribution is 2.32. The zero-order valence-electron chi connectivity index (χ0n) is 11.6. The summed E-state index contributed by atoms with van der Waals surface area (Å²) in [5.41, 5.74) is 4.59. The molecule has 0 saturated carbocycles. The lowest BCUT2D eigenvalue weighted by molar-refractivity contribution is 0.416. The molecule has 0 amide bonds. The Morgan fingerprint density at radius 2 is 2.00 bits per heavy atom. The number of hydrogen-bond acceptors (Lipinski definition) is 1. The number of ether oxygens (including phenoxy) is 1. The topological polar surface area (TPSA) is 9.23 Å². The quantitative estimate of drug-likeness (QED) is 0.746. The van der Waals surface area contributed by atoms with Gasteiger partial charge >= 0.3 is 0 Å². The largest absolute Gasteiger partial charge is 0.496 e. The van der Waals surface area contributed by atoms with E-state index in [4.69, 9.17) is 4.74 Å². The Bertz CT molecular complexity index is 630. The highest BCUT2D eigenvalue weighted by Gasteiger charge is 2.09. The lowest BCUT2D eigenvalue weighted by atomic mass is 9.95. The molecule has 0 aliphatic carbocycles. The van der Waals surface area contributed by atoms with E-state index in [0.29, 0.717) is 0 Å². The van der Waals surface area contributed by atoms with Crippen molar-refractivity contribution in [2.45, 2.75) is 20.3 Å². The minimum absolute atomic E-state index is 0.737. The summed E-state index contributed by atoms with van der Waals surface area (Å²) in [4.78, 5) is 0. The van der Waals surface area contributed by atoms with Gasteiger partial charge in [-0.15, -0.1) is 5.92 Å². The van der Waals surface area contributed by atoms with Gasteiger partial charge in [-0.3, -0.25) is 0 Å². The van der Waals surface area contributed by atoms with Crippen molar-refractivity contribution < 1.29 is 4.74 Å². The van der Waals surface area contributed by atoms with E-state index < -0.39 is 0 Å². The van der Waals surface area contributed by atoms with Crippen molar-refractivity contribution in [3.8, 4) is 28.7 Å². The molecule has 0 bridgehead atoms. The Labute approximate surface area is 115 Å². The second kappa shape index (κ2) is 6.11. The van der Waals surface area contributed by atoms with Crippen molar-refractivity contribution in [1.82, 2.24) is 0 Å². The lowest BCUT2D eigenvalue weighted by Gasteiger charge is -2.12. The van der Waals surface area contributed by atoms with E-state index in [-0.39, 0.29) is 0 Å². The zero-order chi connectivity index (χ0) is 13.7. The molecule has 0 spiro atoms. The van der Waals surface area contributed by atoms with E-state index in [1.165, 1.54) is 11.1 Å². The first kappa shape index (κ1) is 13.2. The van der Waals surface area contributed by atoms with Gasteiger partial charge in [0, 0.05) is 12.0 Å². The number of methoxy groups -OCH3 is 1. The van der Waals surface area contributed by atoms with Crippen LogP contribution in [0.25, 0.3) is 11.1 Å². The molecular formula is C18H17O. The van der Waals surface area contributed by atoms with Crippen LogP contribution in [0.3, 0.4) is 0 Å². The molecule has 0 atom stereocenters. The molecule has 2 aromatic rings. The Kier molecular flexibility index (Phi) is 4.26. The standard InChI is InChI=1S/C18H17O/c1-4-5-8-15-12-11-14(2)13-17(15)16-9-6-7-10-18(16)19-3/h6-7,9-10,12-13H,8H2,1-3H3. The second-order valence-electron chi connectivity index (χ2n) is 4.36. The summed E-state index contributed by atoms with van der Waals surface area (Å²) in [5.74, 6) is 6.95. The summed E-state index contributed by atoms with van der Waals surface area (Å²) in [6, 6.07) is 15.5. The van der Waals surface area contributed by atoms with Gasteiger partial charge in [-0.25, -0.2) is 0 Å². The van der Waals surface area contributed by atoms with Crippen LogP contribution in [0.15, 0.2) is 36.4 Å². The smallest absolute Gasteiger partial charge is 0.126 e. The summed E-state index contributed by atoms with van der Waals surface area (Å²) >= 11 is 0. The minimum Gasteiger partial charge on any atom is -0.496 e. The summed E-state index contributed by atoms with van der Waals surface area (Å²) in [6.07, 6.45) is 0.737. The SMILES string of the molecule is CC#CCc1c[c]c(C)cc1-c1ccccc1OC. The fourth-order valence-electron chi connectivity index (χ4n) is 2.08. The van der Waals surface area contributed by atoms with E-state index in [0.717, 1.165) is 23.3 Å². The van der Waals surface area contributed by atoms with Crippen LogP contribution in [-0.4, -0.2) is 7.11 Å². The maximum absolute atomic E-state index is 5.45. The second-order valence-corrected chi connectivity index (χ2v) is 4.36. The van der Waals surface area contributed by atoms with Gasteiger partial charge < -0.3 is 4.74 Å². The molecule has 2 aromatic carbocycles.